The van der Waals surface area contributed by atoms with E-state index in [-0.39, 0.29) is 17.5 Å². The van der Waals surface area contributed by atoms with E-state index in [1.165, 1.54) is 44.6 Å². The molecule has 4 aliphatic carbocycles. The zero-order valence-corrected chi connectivity index (χ0v) is 15.8. The predicted molar refractivity (Wildman–Crippen MR) is 96.5 cm³/mol. The van der Waals surface area contributed by atoms with Crippen molar-refractivity contribution in [3.63, 3.8) is 0 Å². The smallest absolute Gasteiger partial charge is 0.302 e. The van der Waals surface area contributed by atoms with E-state index in [2.05, 4.69) is 25.1 Å². The van der Waals surface area contributed by atoms with Crippen molar-refractivity contribution >= 4 is 11.7 Å². The molecule has 3 unspecified atom stereocenters. The molecule has 0 amide bonds. The molecule has 25 heavy (non-hydrogen) atoms. The molecule has 4 aliphatic rings. The largest absolute Gasteiger partial charge is 0.462 e. The summed E-state index contributed by atoms with van der Waals surface area (Å²) in [4.78, 5) is 11.4. The van der Waals surface area contributed by atoms with E-state index in [4.69, 9.17) is 4.74 Å². The quantitative estimate of drug-likeness (QED) is 0.425. The number of carbonyl (C=O) groups excluding carboxylic acids is 1. The highest BCUT2D eigenvalue weighted by Crippen LogP contribution is 2.64. The molecular formula is C21H31NO3. The van der Waals surface area contributed by atoms with Crippen molar-refractivity contribution in [3.8, 4) is 0 Å². The molecule has 0 aromatic heterocycles. The van der Waals surface area contributed by atoms with Crippen LogP contribution in [0, 0.1) is 28.6 Å². The lowest BCUT2D eigenvalue weighted by Crippen LogP contribution is -2.52. The third kappa shape index (κ3) is 2.55. The highest BCUT2D eigenvalue weighted by molar-refractivity contribution is 5.99. The van der Waals surface area contributed by atoms with Crippen LogP contribution in [0.25, 0.3) is 0 Å². The fraction of sp³-hybridized carbons (Fsp3) is 0.810. The number of oxime groups is 1. The molecule has 4 nitrogen and oxygen atoms in total. The lowest BCUT2D eigenvalue weighted by Gasteiger charge is -2.57. The number of rotatable bonds is 1. The highest BCUT2D eigenvalue weighted by Gasteiger charge is 2.58. The minimum Gasteiger partial charge on any atom is -0.462 e. The van der Waals surface area contributed by atoms with E-state index in [0.717, 1.165) is 25.0 Å². The first-order chi connectivity index (χ1) is 11.9. The fourth-order valence-corrected chi connectivity index (χ4v) is 6.81. The molecule has 1 N–H and O–H groups in total. The number of hydrogen-bond acceptors (Lipinski definition) is 4. The van der Waals surface area contributed by atoms with Gasteiger partial charge in [-0.3, -0.25) is 4.79 Å². The third-order valence-electron chi connectivity index (χ3n) is 8.15. The minimum atomic E-state index is -0.196. The molecule has 0 aromatic rings. The van der Waals surface area contributed by atoms with Crippen LogP contribution in [-0.2, 0) is 9.53 Å². The third-order valence-corrected chi connectivity index (χ3v) is 8.15. The maximum atomic E-state index is 11.4. The van der Waals surface area contributed by atoms with Gasteiger partial charge >= 0.3 is 5.97 Å². The average molecular weight is 345 g/mol. The number of esters is 1. The summed E-state index contributed by atoms with van der Waals surface area (Å²) in [5.41, 5.74) is 2.81. The second-order valence-electron chi connectivity index (χ2n) is 9.41. The highest BCUT2D eigenvalue weighted by atomic mass is 16.5. The van der Waals surface area contributed by atoms with Crippen LogP contribution in [0.15, 0.2) is 16.8 Å². The van der Waals surface area contributed by atoms with E-state index in [0.29, 0.717) is 23.2 Å². The van der Waals surface area contributed by atoms with E-state index in [1.807, 2.05) is 0 Å². The first-order valence-corrected chi connectivity index (χ1v) is 9.97. The average Bonchev–Trinajstić information content (AvgIpc) is 2.96. The molecule has 0 saturated heterocycles. The summed E-state index contributed by atoms with van der Waals surface area (Å²) < 4.78 is 5.49. The van der Waals surface area contributed by atoms with Gasteiger partial charge in [-0.15, -0.1) is 0 Å². The van der Waals surface area contributed by atoms with Crippen LogP contribution in [0.5, 0.6) is 0 Å². The van der Waals surface area contributed by atoms with Crippen LogP contribution in [0.4, 0.5) is 0 Å². The minimum absolute atomic E-state index is 0.0198. The molecular weight excluding hydrogens is 314 g/mol. The molecule has 0 spiro atoms. The summed E-state index contributed by atoms with van der Waals surface area (Å²) in [6.07, 6.45) is 11.4. The normalized spacial score (nSPS) is 47.5. The molecule has 0 heterocycles. The topological polar surface area (TPSA) is 58.9 Å². The molecule has 3 fully saturated rings. The van der Waals surface area contributed by atoms with Crippen molar-refractivity contribution in [2.24, 2.45) is 33.7 Å². The zero-order valence-electron chi connectivity index (χ0n) is 15.8. The molecule has 4 rings (SSSR count). The van der Waals surface area contributed by atoms with Crippen LogP contribution in [0.2, 0.25) is 0 Å². The number of nitrogens with zero attached hydrogens (tertiary/aromatic N) is 1. The number of ether oxygens (including phenoxy) is 1. The van der Waals surface area contributed by atoms with Crippen LogP contribution in [0.3, 0.4) is 0 Å². The maximum absolute atomic E-state index is 11.4. The van der Waals surface area contributed by atoms with Crippen LogP contribution >= 0.6 is 0 Å². The summed E-state index contributed by atoms with van der Waals surface area (Å²) in [7, 11) is 0. The van der Waals surface area contributed by atoms with Crippen LogP contribution in [0.1, 0.15) is 72.1 Å². The van der Waals surface area contributed by atoms with E-state index >= 15 is 0 Å². The maximum Gasteiger partial charge on any atom is 0.302 e. The lowest BCUT2D eigenvalue weighted by atomic mass is 9.47. The summed E-state index contributed by atoms with van der Waals surface area (Å²) in [5, 5.41) is 13.5. The molecule has 6 atom stereocenters. The van der Waals surface area contributed by atoms with Crippen molar-refractivity contribution < 1.29 is 14.7 Å². The van der Waals surface area contributed by atoms with Crippen LogP contribution in [-0.4, -0.2) is 23.0 Å². The summed E-state index contributed by atoms with van der Waals surface area (Å²) in [6, 6.07) is 0. The van der Waals surface area contributed by atoms with Gasteiger partial charge in [-0.1, -0.05) is 31.0 Å². The Bertz CT molecular complexity index is 639. The standard InChI is InChI=1S/C21H31NO3/c1-13(23)25-15-6-10-21(3)14(11-15)12-18(22-24)19-16-5-4-8-20(16,2)9-7-17(19)21/h12,15-17,19,24H,4-11H2,1-3H3/b22-18+/t15-,16?,17?,19?,20-,21-/m0/s1. The Morgan fingerprint density at radius 2 is 2.00 bits per heavy atom. The van der Waals surface area contributed by atoms with Gasteiger partial charge in [-0.2, -0.15) is 0 Å². The Labute approximate surface area is 150 Å². The molecule has 0 radical (unpaired) electrons. The summed E-state index contributed by atoms with van der Waals surface area (Å²) in [5.74, 6) is 1.41. The number of carbonyl (C=O) groups is 1. The second kappa shape index (κ2) is 5.85. The molecule has 3 saturated carbocycles. The Hall–Kier alpha value is -1.32. The van der Waals surface area contributed by atoms with Gasteiger partial charge in [-0.05, 0) is 67.3 Å². The SMILES string of the molecule is CC(=O)O[C@H]1CC[C@@]2(C)C(=C/C(=N\O)C3C4CCC[C@@]4(C)CCC32)C1. The van der Waals surface area contributed by atoms with Gasteiger partial charge in [0.05, 0.1) is 5.71 Å². The number of hydrogen-bond donors (Lipinski definition) is 1. The van der Waals surface area contributed by atoms with E-state index in [9.17, 15) is 10.0 Å². The van der Waals surface area contributed by atoms with Gasteiger partial charge in [-0.25, -0.2) is 0 Å². The van der Waals surface area contributed by atoms with Crippen molar-refractivity contribution in [2.75, 3.05) is 0 Å². The van der Waals surface area contributed by atoms with Gasteiger partial charge in [0.15, 0.2) is 0 Å². The first kappa shape index (κ1) is 17.1. The summed E-state index contributed by atoms with van der Waals surface area (Å²) in [6.45, 7) is 6.35. The van der Waals surface area contributed by atoms with Crippen LogP contribution < -0.4 is 0 Å². The van der Waals surface area contributed by atoms with Gasteiger partial charge in [0, 0.05) is 19.3 Å². The Morgan fingerprint density at radius 1 is 1.20 bits per heavy atom. The first-order valence-electron chi connectivity index (χ1n) is 9.97. The fourth-order valence-electron chi connectivity index (χ4n) is 6.81. The van der Waals surface area contributed by atoms with Gasteiger partial charge in [0.2, 0.25) is 0 Å². The van der Waals surface area contributed by atoms with Crippen molar-refractivity contribution in [3.05, 3.63) is 11.6 Å². The lowest BCUT2D eigenvalue weighted by molar-refractivity contribution is -0.148. The molecule has 138 valence electrons. The van der Waals surface area contributed by atoms with Crippen molar-refractivity contribution in [2.45, 2.75) is 78.2 Å². The van der Waals surface area contributed by atoms with Crippen molar-refractivity contribution in [1.82, 2.24) is 0 Å². The van der Waals surface area contributed by atoms with Gasteiger partial charge in [0.25, 0.3) is 0 Å². The summed E-state index contributed by atoms with van der Waals surface area (Å²) >= 11 is 0. The molecule has 0 aliphatic heterocycles. The van der Waals surface area contributed by atoms with E-state index in [1.54, 1.807) is 0 Å². The number of allylic oxidation sites excluding steroid dienone is 1. The number of fused-ring (bicyclic) bond motifs is 5. The zero-order chi connectivity index (χ0) is 17.8. The molecule has 4 heteroatoms. The molecule has 0 aromatic carbocycles. The van der Waals surface area contributed by atoms with E-state index < -0.39 is 0 Å². The van der Waals surface area contributed by atoms with Crippen molar-refractivity contribution in [1.29, 1.82) is 0 Å². The Morgan fingerprint density at radius 3 is 2.72 bits per heavy atom. The predicted octanol–water partition coefficient (Wildman–Crippen LogP) is 4.71. The Balaban J connectivity index is 1.69. The monoisotopic (exact) mass is 345 g/mol. The van der Waals surface area contributed by atoms with Gasteiger partial charge in [0.1, 0.15) is 6.10 Å². The molecule has 0 bridgehead atoms. The second-order valence-corrected chi connectivity index (χ2v) is 9.41. The Kier molecular flexibility index (Phi) is 4.01. The van der Waals surface area contributed by atoms with Gasteiger partial charge < -0.3 is 9.94 Å².